The van der Waals surface area contributed by atoms with Gasteiger partial charge in [-0.15, -0.1) is 0 Å². The molecule has 1 saturated heterocycles. The van der Waals surface area contributed by atoms with Gasteiger partial charge in [-0.2, -0.15) is 0 Å². The second kappa shape index (κ2) is 7.47. The van der Waals surface area contributed by atoms with Gasteiger partial charge in [0.05, 0.1) is 0 Å². The molecular weight excluding hydrogens is 377 g/mol. The van der Waals surface area contributed by atoms with Crippen LogP contribution in [0.25, 0.3) is 11.1 Å². The van der Waals surface area contributed by atoms with E-state index < -0.39 is 5.60 Å². The van der Waals surface area contributed by atoms with Crippen LogP contribution in [0.15, 0.2) is 66.9 Å². The number of rotatable bonds is 4. The number of nitrogens with zero attached hydrogens (tertiary/aromatic N) is 2. The average Bonchev–Trinajstić information content (AvgIpc) is 2.97. The van der Waals surface area contributed by atoms with Gasteiger partial charge in [0.25, 0.3) is 0 Å². The Bertz CT molecular complexity index is 1070. The summed E-state index contributed by atoms with van der Waals surface area (Å²) in [4.78, 5) is 18.7. The van der Waals surface area contributed by atoms with E-state index in [1.54, 1.807) is 11.1 Å². The molecule has 2 aromatic carbocycles. The van der Waals surface area contributed by atoms with Crippen LogP contribution in [-0.2, 0) is 4.74 Å². The van der Waals surface area contributed by atoms with E-state index >= 15 is 0 Å². The van der Waals surface area contributed by atoms with Crippen molar-refractivity contribution in [1.82, 2.24) is 4.98 Å². The molecule has 0 aliphatic carbocycles. The maximum absolute atomic E-state index is 12.7. The van der Waals surface area contributed by atoms with Gasteiger partial charge in [-0.3, -0.25) is 0 Å². The molecule has 1 aromatic heterocycles. The van der Waals surface area contributed by atoms with E-state index in [-0.39, 0.29) is 26.9 Å². The summed E-state index contributed by atoms with van der Waals surface area (Å²) in [6, 6.07) is 19.7. The Morgan fingerprint density at radius 1 is 1.10 bits per heavy atom. The standard InChI is InChI=1S/C22H20N3O2.CH2.Al/c1-22(2)20(16-6-4-3-5-7-16)25(21(26)27-22)18-11-8-15(9-12-18)17-10-13-19(23)24-14-17;;/h3-12,14,20H,1-2H3,(H2,23,24);1H2;/t20-;;/m0../s1. The van der Waals surface area contributed by atoms with Crippen LogP contribution >= 0.6 is 0 Å². The zero-order valence-electron chi connectivity index (χ0n) is 16.5. The quantitative estimate of drug-likeness (QED) is 0.681. The molecule has 0 unspecified atom stereocenters. The Balaban J connectivity index is 1.71. The minimum absolute atomic E-state index is 0.156. The first-order chi connectivity index (χ1) is 13.9. The van der Waals surface area contributed by atoms with Crippen molar-refractivity contribution in [2.45, 2.75) is 25.5 Å². The number of amides is 1. The summed E-state index contributed by atoms with van der Waals surface area (Å²) in [6.45, 7) is 3.89. The van der Waals surface area contributed by atoms with Crippen molar-refractivity contribution in [3.8, 4) is 11.1 Å². The third-order valence-corrected chi connectivity index (χ3v) is 6.13. The molecule has 2 heterocycles. The summed E-state index contributed by atoms with van der Waals surface area (Å²) < 4.78 is 6.70. The van der Waals surface area contributed by atoms with E-state index in [0.717, 1.165) is 26.8 Å². The van der Waals surface area contributed by atoms with Gasteiger partial charge in [-0.25, -0.2) is 0 Å². The number of carbonyl (C=O) groups is 1. The molecule has 0 spiro atoms. The first-order valence-electron chi connectivity index (χ1n) is 9.46. The number of anilines is 2. The first kappa shape index (κ1) is 19.4. The van der Waals surface area contributed by atoms with Crippen LogP contribution in [-0.4, -0.2) is 36.8 Å². The molecule has 2 N–H and O–H groups in total. The summed E-state index contributed by atoms with van der Waals surface area (Å²) in [5.41, 5.74) is 9.11. The van der Waals surface area contributed by atoms with Gasteiger partial charge < -0.3 is 0 Å². The molecule has 1 aliphatic heterocycles. The predicted molar refractivity (Wildman–Crippen MR) is 119 cm³/mol. The third kappa shape index (κ3) is 3.58. The molecule has 3 aromatic rings. The first-order valence-corrected chi connectivity index (χ1v) is 10.9. The fourth-order valence-electron chi connectivity index (χ4n) is 3.81. The van der Waals surface area contributed by atoms with Gasteiger partial charge in [0.2, 0.25) is 0 Å². The summed E-state index contributed by atoms with van der Waals surface area (Å²) in [7, 11) is 0. The SMILES string of the molecule is [CH2]=[Al][c]1cc(-c2ccc(N3C(=O)OC(C)(C)[C@@H]3c3ccccc3)cc2)cnc1N. The molecule has 0 bridgehead atoms. The Morgan fingerprint density at radius 2 is 1.79 bits per heavy atom. The number of ether oxygens (including phenoxy) is 1. The van der Waals surface area contributed by atoms with Gasteiger partial charge >= 0.3 is 170 Å². The molecule has 6 heteroatoms. The molecule has 1 aliphatic rings. The maximum atomic E-state index is 12.7. The van der Waals surface area contributed by atoms with Crippen LogP contribution < -0.4 is 15.1 Å². The fraction of sp³-hybridized carbons (Fsp3) is 0.174. The number of carbonyl (C=O) groups excluding carboxylic acids is 1. The summed E-state index contributed by atoms with van der Waals surface area (Å²) in [6.07, 6.45) is 1.43. The molecule has 4 rings (SSSR count). The van der Waals surface area contributed by atoms with Crippen molar-refractivity contribution < 1.29 is 9.53 Å². The van der Waals surface area contributed by atoms with Gasteiger partial charge in [0, 0.05) is 0 Å². The summed E-state index contributed by atoms with van der Waals surface area (Å²) in [5.74, 6) is 0.545. The zero-order chi connectivity index (χ0) is 20.6. The van der Waals surface area contributed by atoms with E-state index in [9.17, 15) is 4.79 Å². The molecule has 0 saturated carbocycles. The number of aromatic nitrogens is 1. The van der Waals surface area contributed by atoms with Crippen molar-refractivity contribution in [1.29, 1.82) is 0 Å². The molecule has 29 heavy (non-hydrogen) atoms. The van der Waals surface area contributed by atoms with Gasteiger partial charge in [-0.1, -0.05) is 6.07 Å². The van der Waals surface area contributed by atoms with Crippen LogP contribution in [0.3, 0.4) is 0 Å². The Labute approximate surface area is 176 Å². The molecule has 1 fully saturated rings. The van der Waals surface area contributed by atoms with E-state index in [4.69, 9.17) is 10.5 Å². The number of hydrogen-bond donors (Lipinski definition) is 1. The van der Waals surface area contributed by atoms with Crippen LogP contribution in [0, 0.1) is 0 Å². The second-order valence-electron chi connectivity index (χ2n) is 7.60. The van der Waals surface area contributed by atoms with E-state index in [2.05, 4.69) is 10.4 Å². The van der Waals surface area contributed by atoms with E-state index in [0.29, 0.717) is 5.82 Å². The van der Waals surface area contributed by atoms with Gasteiger partial charge in [-0.05, 0) is 0 Å². The van der Waals surface area contributed by atoms with Crippen molar-refractivity contribution in [3.63, 3.8) is 0 Å². The average molecular weight is 399 g/mol. The molecule has 5 nitrogen and oxygen atoms in total. The van der Waals surface area contributed by atoms with Crippen molar-refractivity contribution in [2.75, 3.05) is 10.6 Å². The minimum atomic E-state index is -0.635. The fourth-order valence-corrected chi connectivity index (χ4v) is 4.40. The third-order valence-electron chi connectivity index (χ3n) is 5.23. The normalized spacial score (nSPS) is 17.7. The molecule has 0 radical (unpaired) electrons. The van der Waals surface area contributed by atoms with Crippen LogP contribution in [0.2, 0.25) is 0 Å². The molecule has 1 atom stereocenters. The van der Waals surface area contributed by atoms with E-state index in [1.165, 1.54) is 0 Å². The van der Waals surface area contributed by atoms with Crippen LogP contribution in [0.1, 0.15) is 25.5 Å². The number of benzene rings is 2. The van der Waals surface area contributed by atoms with Crippen LogP contribution in [0.4, 0.5) is 16.3 Å². The van der Waals surface area contributed by atoms with Crippen molar-refractivity contribution >= 4 is 42.2 Å². The second-order valence-corrected chi connectivity index (χ2v) is 8.63. The van der Waals surface area contributed by atoms with E-state index in [1.807, 2.05) is 74.5 Å². The van der Waals surface area contributed by atoms with Gasteiger partial charge in [0.1, 0.15) is 0 Å². The number of nitrogen functional groups attached to an aromatic ring is 1. The number of pyridine rings is 1. The summed E-state index contributed by atoms with van der Waals surface area (Å²) >= 11 is -0.156. The zero-order valence-corrected chi connectivity index (χ0v) is 17.7. The Hall–Kier alpha value is -2.94. The Kier molecular flexibility index (Phi) is 5.00. The number of nitrogens with two attached hydrogens (primary N) is 1. The molecule has 1 amide bonds. The molecule has 144 valence electrons. The van der Waals surface area contributed by atoms with Crippen molar-refractivity contribution in [2.24, 2.45) is 0 Å². The number of hydrogen-bond acceptors (Lipinski definition) is 4. The summed E-state index contributed by atoms with van der Waals surface area (Å²) in [5, 5.41) is 3.98. The topological polar surface area (TPSA) is 68.5 Å². The molecular formula is C23H22AlN3O2. The predicted octanol–water partition coefficient (Wildman–Crippen LogP) is 3.57. The monoisotopic (exact) mass is 399 g/mol. The number of cyclic esters (lactones) is 1. The van der Waals surface area contributed by atoms with Gasteiger partial charge in [0.15, 0.2) is 0 Å². The Morgan fingerprint density at radius 3 is 2.45 bits per heavy atom. The van der Waals surface area contributed by atoms with Crippen molar-refractivity contribution in [3.05, 3.63) is 72.4 Å². The van der Waals surface area contributed by atoms with Crippen LogP contribution in [0.5, 0.6) is 0 Å².